The number of hydrogen-bond donors (Lipinski definition) is 2. The van der Waals surface area contributed by atoms with Gasteiger partial charge in [0, 0.05) is 18.7 Å². The second-order valence-corrected chi connectivity index (χ2v) is 9.58. The number of nitrogens with one attached hydrogen (secondary N) is 1. The normalized spacial score (nSPS) is 13.2. The van der Waals surface area contributed by atoms with E-state index in [1.165, 1.54) is 24.3 Å². The fourth-order valence-corrected chi connectivity index (χ4v) is 5.06. The van der Waals surface area contributed by atoms with Gasteiger partial charge in [0.2, 0.25) is 10.0 Å². The molecule has 1 aliphatic rings. The van der Waals surface area contributed by atoms with E-state index in [4.69, 9.17) is 9.88 Å². The van der Waals surface area contributed by atoms with Crippen molar-refractivity contribution in [3.8, 4) is 0 Å². The molecule has 3 aromatic rings. The molecule has 1 amide bonds. The van der Waals surface area contributed by atoms with Crippen molar-refractivity contribution in [3.05, 3.63) is 50.9 Å². The predicted octanol–water partition coefficient (Wildman–Crippen LogP) is 1.16. The van der Waals surface area contributed by atoms with E-state index in [1.807, 2.05) is 0 Å². The predicted molar refractivity (Wildman–Crippen MR) is 114 cm³/mol. The van der Waals surface area contributed by atoms with Crippen LogP contribution in [-0.4, -0.2) is 36.5 Å². The highest BCUT2D eigenvalue weighted by Crippen LogP contribution is 2.29. The molecule has 0 radical (unpaired) electrons. The van der Waals surface area contributed by atoms with Crippen molar-refractivity contribution < 1.29 is 22.7 Å². The molecule has 0 aliphatic carbocycles. The summed E-state index contributed by atoms with van der Waals surface area (Å²) in [5.41, 5.74) is 0.501. The van der Waals surface area contributed by atoms with Gasteiger partial charge in [0.15, 0.2) is 6.61 Å². The monoisotopic (exact) mass is 462 g/mol. The van der Waals surface area contributed by atoms with Gasteiger partial charge in [0.1, 0.15) is 15.5 Å². The molecule has 162 valence electrons. The summed E-state index contributed by atoms with van der Waals surface area (Å²) in [6, 6.07) is 5.39. The zero-order chi connectivity index (χ0) is 22.3. The summed E-state index contributed by atoms with van der Waals surface area (Å²) < 4.78 is 29.5. The third-order valence-electron chi connectivity index (χ3n) is 4.88. The molecule has 0 unspecified atom stereocenters. The van der Waals surface area contributed by atoms with E-state index in [0.29, 0.717) is 34.6 Å². The second kappa shape index (κ2) is 7.87. The number of anilines is 1. The van der Waals surface area contributed by atoms with Crippen LogP contribution < -0.4 is 16.0 Å². The third kappa shape index (κ3) is 4.09. The van der Waals surface area contributed by atoms with Gasteiger partial charge in [-0.1, -0.05) is 6.07 Å². The van der Waals surface area contributed by atoms with Crippen molar-refractivity contribution in [2.45, 2.75) is 31.2 Å². The van der Waals surface area contributed by atoms with Crippen molar-refractivity contribution >= 4 is 49.1 Å². The van der Waals surface area contributed by atoms with E-state index in [9.17, 15) is 22.8 Å². The first-order valence-corrected chi connectivity index (χ1v) is 11.6. The van der Waals surface area contributed by atoms with Crippen molar-refractivity contribution in [2.75, 3.05) is 11.9 Å². The van der Waals surface area contributed by atoms with Crippen molar-refractivity contribution in [3.63, 3.8) is 0 Å². The van der Waals surface area contributed by atoms with Crippen LogP contribution in [0.25, 0.3) is 10.2 Å². The topological polar surface area (TPSA) is 150 Å². The maximum atomic E-state index is 12.7. The summed E-state index contributed by atoms with van der Waals surface area (Å²) >= 11 is 1.06. The van der Waals surface area contributed by atoms with Gasteiger partial charge in [-0.3, -0.25) is 14.2 Å². The number of carbonyl (C=O) groups is 2. The average Bonchev–Trinajstić information content (AvgIpc) is 3.31. The Morgan fingerprint density at radius 2 is 2.13 bits per heavy atom. The summed E-state index contributed by atoms with van der Waals surface area (Å²) in [7, 11) is -3.92. The van der Waals surface area contributed by atoms with Crippen molar-refractivity contribution in [2.24, 2.45) is 5.14 Å². The number of fused-ring (bicyclic) bond motifs is 2. The number of nitrogens with zero attached hydrogens (tertiary/aromatic N) is 2. The summed E-state index contributed by atoms with van der Waals surface area (Å²) in [4.78, 5) is 42.4. The van der Waals surface area contributed by atoms with Crippen LogP contribution in [-0.2, 0) is 32.5 Å². The van der Waals surface area contributed by atoms with E-state index in [2.05, 4.69) is 10.3 Å². The van der Waals surface area contributed by atoms with E-state index in [1.54, 1.807) is 11.5 Å². The molecular weight excluding hydrogens is 444 g/mol. The number of nitrogens with two attached hydrogens (primary N) is 1. The average molecular weight is 463 g/mol. The standard InChI is InChI=1S/C19H18N4O6S2/c1-10-15-17(22-13-6-3-7-23(13)18(15)25)30-16(10)19(26)29-9-14(24)21-11-4-2-5-12(8-11)31(20,27)28/h2,4-5,8H,3,6-7,9H2,1H3,(H,21,24)(H2,20,27,28). The lowest BCUT2D eigenvalue weighted by Gasteiger charge is -2.07. The molecule has 10 nitrogen and oxygen atoms in total. The van der Waals surface area contributed by atoms with Gasteiger partial charge in [-0.05, 0) is 37.1 Å². The molecule has 12 heteroatoms. The van der Waals surface area contributed by atoms with E-state index in [-0.39, 0.29) is 21.0 Å². The van der Waals surface area contributed by atoms with Gasteiger partial charge >= 0.3 is 5.97 Å². The lowest BCUT2D eigenvalue weighted by molar-refractivity contribution is -0.119. The Morgan fingerprint density at radius 3 is 2.87 bits per heavy atom. The Labute approximate surface area is 180 Å². The fraction of sp³-hybridized carbons (Fsp3) is 0.263. The number of aryl methyl sites for hydroxylation is 2. The van der Waals surface area contributed by atoms with Gasteiger partial charge in [-0.15, -0.1) is 11.3 Å². The Hall–Kier alpha value is -3.09. The molecule has 2 aromatic heterocycles. The van der Waals surface area contributed by atoms with Crippen molar-refractivity contribution in [1.82, 2.24) is 9.55 Å². The molecule has 0 fully saturated rings. The number of amides is 1. The van der Waals surface area contributed by atoms with Crippen LogP contribution in [0.2, 0.25) is 0 Å². The highest BCUT2D eigenvalue weighted by Gasteiger charge is 2.24. The highest BCUT2D eigenvalue weighted by molar-refractivity contribution is 7.89. The maximum absolute atomic E-state index is 12.7. The summed E-state index contributed by atoms with van der Waals surface area (Å²) in [5.74, 6) is -0.686. The molecular formula is C19H18N4O6S2. The number of carbonyl (C=O) groups excluding carboxylic acids is 2. The molecule has 0 saturated carbocycles. The molecule has 4 rings (SSSR count). The Morgan fingerprint density at radius 1 is 1.35 bits per heavy atom. The quantitative estimate of drug-likeness (QED) is 0.540. The van der Waals surface area contributed by atoms with Gasteiger partial charge in [0.25, 0.3) is 11.5 Å². The zero-order valence-corrected chi connectivity index (χ0v) is 18.0. The fourth-order valence-electron chi connectivity index (χ4n) is 3.41. The molecule has 3 N–H and O–H groups in total. The maximum Gasteiger partial charge on any atom is 0.349 e. The minimum atomic E-state index is -3.92. The first-order valence-electron chi connectivity index (χ1n) is 9.28. The molecule has 1 aromatic carbocycles. The second-order valence-electron chi connectivity index (χ2n) is 7.02. The van der Waals surface area contributed by atoms with Gasteiger partial charge < -0.3 is 10.1 Å². The van der Waals surface area contributed by atoms with E-state index < -0.39 is 28.5 Å². The first-order chi connectivity index (χ1) is 14.6. The smallest absolute Gasteiger partial charge is 0.349 e. The summed E-state index contributed by atoms with van der Waals surface area (Å²) in [6.07, 6.45) is 1.58. The summed E-state index contributed by atoms with van der Waals surface area (Å²) in [6.45, 7) is 1.67. The van der Waals surface area contributed by atoms with Gasteiger partial charge in [0.05, 0.1) is 10.3 Å². The molecule has 3 heterocycles. The van der Waals surface area contributed by atoms with Crippen LogP contribution in [0.3, 0.4) is 0 Å². The number of rotatable bonds is 5. The number of primary sulfonamides is 1. The number of hydrogen-bond acceptors (Lipinski definition) is 8. The SMILES string of the molecule is Cc1c(C(=O)OCC(=O)Nc2cccc(S(N)(=O)=O)c2)sc2nc3n(c(=O)c12)CCC3. The Balaban J connectivity index is 1.47. The molecule has 0 atom stereocenters. The number of benzene rings is 1. The number of ether oxygens (including phenoxy) is 1. The van der Waals surface area contributed by atoms with Crippen LogP contribution in [0.1, 0.15) is 27.5 Å². The number of esters is 1. The Kier molecular flexibility index (Phi) is 5.37. The summed E-state index contributed by atoms with van der Waals surface area (Å²) in [5, 5.41) is 7.91. The number of sulfonamides is 1. The molecule has 1 aliphatic heterocycles. The first kappa shape index (κ1) is 21.2. The number of aromatic nitrogens is 2. The van der Waals surface area contributed by atoms with E-state index in [0.717, 1.165) is 17.8 Å². The Bertz CT molecular complexity index is 1390. The van der Waals surface area contributed by atoms with Crippen LogP contribution in [0.4, 0.5) is 5.69 Å². The van der Waals surface area contributed by atoms with Crippen molar-refractivity contribution in [1.29, 1.82) is 0 Å². The molecule has 0 spiro atoms. The van der Waals surface area contributed by atoms with E-state index >= 15 is 0 Å². The van der Waals surface area contributed by atoms with Crippen LogP contribution >= 0.6 is 11.3 Å². The number of thiophene rings is 1. The van der Waals surface area contributed by atoms with Gasteiger partial charge in [-0.25, -0.2) is 23.3 Å². The zero-order valence-electron chi connectivity index (χ0n) is 16.4. The highest BCUT2D eigenvalue weighted by atomic mass is 32.2. The van der Waals surface area contributed by atoms with Crippen LogP contribution in [0.15, 0.2) is 34.0 Å². The third-order valence-corrected chi connectivity index (χ3v) is 6.95. The van der Waals surface area contributed by atoms with Crippen LogP contribution in [0, 0.1) is 6.92 Å². The molecule has 0 bridgehead atoms. The molecule has 31 heavy (non-hydrogen) atoms. The lowest BCUT2D eigenvalue weighted by atomic mass is 10.2. The largest absolute Gasteiger partial charge is 0.451 e. The minimum absolute atomic E-state index is 0.158. The minimum Gasteiger partial charge on any atom is -0.451 e. The molecule has 0 saturated heterocycles. The van der Waals surface area contributed by atoms with Crippen LogP contribution in [0.5, 0.6) is 0 Å². The van der Waals surface area contributed by atoms with Gasteiger partial charge in [-0.2, -0.15) is 0 Å². The lowest BCUT2D eigenvalue weighted by Crippen LogP contribution is -2.22.